The molecule has 186 valence electrons. The first kappa shape index (κ1) is 28.9. The second-order valence-electron chi connectivity index (χ2n) is 11.8. The van der Waals surface area contributed by atoms with Gasteiger partial charge >= 0.3 is 214 Å². The topological polar surface area (TPSA) is 0 Å². The van der Waals surface area contributed by atoms with Crippen LogP contribution in [-0.2, 0) is 26.4 Å². The average molecular weight is 587 g/mol. The van der Waals surface area contributed by atoms with Crippen LogP contribution >= 0.6 is 0 Å². The van der Waals surface area contributed by atoms with E-state index in [1.165, 1.54) is 12.8 Å². The molecule has 2 aliphatic carbocycles. The van der Waals surface area contributed by atoms with Gasteiger partial charge in [-0.1, -0.05) is 0 Å². The van der Waals surface area contributed by atoms with Gasteiger partial charge in [0.05, 0.1) is 0 Å². The monoisotopic (exact) mass is 584 g/mol. The Bertz CT molecular complexity index is 1170. The molecule has 0 amide bonds. The fraction of sp³-hybridized carbons (Fsp3) is 0.500. The largest absolute Gasteiger partial charge is 1.00 e. The number of allylic oxidation sites excluding steroid dienone is 2. The Morgan fingerprint density at radius 2 is 1.23 bits per heavy atom. The predicted molar refractivity (Wildman–Crippen MR) is 140 cm³/mol. The van der Waals surface area contributed by atoms with Gasteiger partial charge in [-0.2, -0.15) is 0 Å². The Labute approximate surface area is 237 Å². The third-order valence-electron chi connectivity index (χ3n) is 8.33. The van der Waals surface area contributed by atoms with E-state index in [1.54, 1.807) is 50.1 Å². The van der Waals surface area contributed by atoms with E-state index in [2.05, 4.69) is 97.9 Å². The van der Waals surface area contributed by atoms with Crippen molar-refractivity contribution in [3.8, 4) is 0 Å². The van der Waals surface area contributed by atoms with Crippen molar-refractivity contribution >= 4 is 12.2 Å². The second kappa shape index (κ2) is 10.6. The first-order chi connectivity index (χ1) is 15.6. The number of hydrogen-bond donors (Lipinski definition) is 0. The van der Waals surface area contributed by atoms with Gasteiger partial charge in [-0.25, -0.2) is 0 Å². The van der Waals surface area contributed by atoms with Gasteiger partial charge in [0, 0.05) is 0 Å². The van der Waals surface area contributed by atoms with Gasteiger partial charge in [0.25, 0.3) is 0 Å². The molecular weight excluding hydrogens is 546 g/mol. The fourth-order valence-electron chi connectivity index (χ4n) is 6.62. The summed E-state index contributed by atoms with van der Waals surface area (Å²) in [4.78, 5) is 0. The molecule has 0 nitrogen and oxygen atoms in total. The number of halogens is 2. The van der Waals surface area contributed by atoms with Crippen LogP contribution in [0.4, 0.5) is 0 Å². The Hall–Kier alpha value is -0.617. The summed E-state index contributed by atoms with van der Waals surface area (Å²) in [5, 5.41) is 0. The molecule has 1 spiro atoms. The SMILES string of the molecule is CC(C)c1ccc(C(C)C)c2c1C=C1CC[C]3(C=Cc4c(C(C)C)ccc(C(C)C)c43)[Zr+2][CH]12.[Cl-].[Cl-]. The van der Waals surface area contributed by atoms with Gasteiger partial charge < -0.3 is 24.8 Å². The minimum atomic E-state index is -0.831. The standard InChI is InChI=1S/C32H40.2ClH.Zr/c1-19(2)25-15-16-28(22(7)8)32-24(11-12-29(25)32)10-9-23-17-30-26(20(3)4)13-14-27(21(5)6)31(30)18-23;;;/h11-22H,9-10H2,1-8H3;2*1H;/q;;;+2/p-2. The first-order valence-electron chi connectivity index (χ1n) is 13.2. The molecule has 0 saturated carbocycles. The molecule has 2 unspecified atom stereocenters. The molecule has 0 radical (unpaired) electrons. The third kappa shape index (κ3) is 4.62. The number of rotatable bonds is 4. The fourth-order valence-corrected chi connectivity index (χ4v) is 12.2. The molecule has 2 aromatic rings. The predicted octanol–water partition coefficient (Wildman–Crippen LogP) is 3.42. The summed E-state index contributed by atoms with van der Waals surface area (Å²) in [6.45, 7) is 19.0. The summed E-state index contributed by atoms with van der Waals surface area (Å²) in [6.07, 6.45) is 10.5. The van der Waals surface area contributed by atoms with Crippen LogP contribution < -0.4 is 24.8 Å². The van der Waals surface area contributed by atoms with E-state index in [4.69, 9.17) is 0 Å². The zero-order valence-corrected chi connectivity index (χ0v) is 26.6. The Balaban J connectivity index is 0.00000171. The normalized spacial score (nSPS) is 21.4. The molecule has 1 aliphatic heterocycles. The molecule has 2 atom stereocenters. The molecule has 0 N–H and O–H groups in total. The van der Waals surface area contributed by atoms with Crippen LogP contribution in [0, 0.1) is 0 Å². The number of hydrogen-bond acceptors (Lipinski definition) is 0. The van der Waals surface area contributed by atoms with Gasteiger partial charge in [0.1, 0.15) is 0 Å². The minimum absolute atomic E-state index is 0. The Kier molecular flexibility index (Phi) is 8.79. The maximum absolute atomic E-state index is 2.69. The van der Waals surface area contributed by atoms with Crippen molar-refractivity contribution in [1.29, 1.82) is 0 Å². The molecule has 2 aromatic carbocycles. The van der Waals surface area contributed by atoms with Crippen molar-refractivity contribution in [3.63, 3.8) is 0 Å². The van der Waals surface area contributed by atoms with Crippen LogP contribution in [0.1, 0.15) is 140 Å². The van der Waals surface area contributed by atoms with Gasteiger partial charge in [-0.3, -0.25) is 0 Å². The third-order valence-corrected chi connectivity index (χ3v) is 13.6. The van der Waals surface area contributed by atoms with Crippen LogP contribution in [0.25, 0.3) is 12.2 Å². The summed E-state index contributed by atoms with van der Waals surface area (Å²) in [5.74, 6) is 2.35. The summed E-state index contributed by atoms with van der Waals surface area (Å²) in [6, 6.07) is 9.82. The van der Waals surface area contributed by atoms with Gasteiger partial charge in [-0.05, 0) is 0 Å². The van der Waals surface area contributed by atoms with Crippen LogP contribution in [0.5, 0.6) is 0 Å². The maximum atomic E-state index is 2.69. The summed E-state index contributed by atoms with van der Waals surface area (Å²) in [7, 11) is 0. The molecule has 3 aliphatic rings. The van der Waals surface area contributed by atoms with E-state index in [0.29, 0.717) is 26.8 Å². The van der Waals surface area contributed by atoms with Crippen LogP contribution in [0.15, 0.2) is 35.9 Å². The molecule has 1 saturated heterocycles. The molecule has 35 heavy (non-hydrogen) atoms. The Morgan fingerprint density at radius 3 is 1.80 bits per heavy atom. The molecule has 1 fully saturated rings. The van der Waals surface area contributed by atoms with Crippen molar-refractivity contribution in [2.24, 2.45) is 0 Å². The molecular formula is C32H40Cl2Zr. The summed E-state index contributed by atoms with van der Waals surface area (Å²) >= 11 is -0.831. The first-order valence-corrected chi connectivity index (χ1v) is 15.8. The quantitative estimate of drug-likeness (QED) is 0.515. The molecule has 3 heteroatoms. The number of benzene rings is 2. The second-order valence-corrected chi connectivity index (χ2v) is 16.1. The zero-order chi connectivity index (χ0) is 23.7. The van der Waals surface area contributed by atoms with Crippen LogP contribution in [-0.4, -0.2) is 0 Å². The molecule has 0 bridgehead atoms. The van der Waals surface area contributed by atoms with E-state index in [9.17, 15) is 0 Å². The smallest absolute Gasteiger partial charge is 1.00 e. The molecule has 0 aromatic heterocycles. The van der Waals surface area contributed by atoms with E-state index in [0.717, 1.165) is 3.63 Å². The van der Waals surface area contributed by atoms with E-state index >= 15 is 0 Å². The molecule has 5 rings (SSSR count). The van der Waals surface area contributed by atoms with Crippen LogP contribution in [0.2, 0.25) is 0 Å². The average Bonchev–Trinajstić information content (AvgIpc) is 3.31. The maximum Gasteiger partial charge on any atom is -1.00 e. The van der Waals surface area contributed by atoms with Crippen LogP contribution in [0.3, 0.4) is 0 Å². The van der Waals surface area contributed by atoms with Crippen molar-refractivity contribution < 1.29 is 48.0 Å². The summed E-state index contributed by atoms with van der Waals surface area (Å²) in [5.41, 5.74) is 14.8. The van der Waals surface area contributed by atoms with Crippen molar-refractivity contribution in [2.75, 3.05) is 0 Å². The Morgan fingerprint density at radius 1 is 0.714 bits per heavy atom. The van der Waals surface area contributed by atoms with Gasteiger partial charge in [0.2, 0.25) is 0 Å². The van der Waals surface area contributed by atoms with E-state index in [-0.39, 0.29) is 24.8 Å². The van der Waals surface area contributed by atoms with Crippen molar-refractivity contribution in [1.82, 2.24) is 0 Å². The van der Waals surface area contributed by atoms with E-state index < -0.39 is 23.2 Å². The minimum Gasteiger partial charge on any atom is -1.00 e. The van der Waals surface area contributed by atoms with Crippen molar-refractivity contribution in [2.45, 2.75) is 98.7 Å². The summed E-state index contributed by atoms with van der Waals surface area (Å²) < 4.78 is 1.10. The molecule has 1 heterocycles. The van der Waals surface area contributed by atoms with Crippen molar-refractivity contribution in [3.05, 3.63) is 80.4 Å². The van der Waals surface area contributed by atoms with Gasteiger partial charge in [0.15, 0.2) is 0 Å². The van der Waals surface area contributed by atoms with E-state index in [1.807, 2.05) is 0 Å². The van der Waals surface area contributed by atoms with Gasteiger partial charge in [-0.15, -0.1) is 0 Å². The number of fused-ring (bicyclic) bond motifs is 5. The zero-order valence-electron chi connectivity index (χ0n) is 22.6.